The molecule has 0 atom stereocenters. The Kier molecular flexibility index (Phi) is 2.85. The van der Waals surface area contributed by atoms with Crippen LogP contribution < -0.4 is 10.2 Å². The van der Waals surface area contributed by atoms with E-state index in [0.29, 0.717) is 11.6 Å². The van der Waals surface area contributed by atoms with Gasteiger partial charge in [-0.1, -0.05) is 0 Å². The van der Waals surface area contributed by atoms with Crippen molar-refractivity contribution < 1.29 is 5.11 Å². The van der Waals surface area contributed by atoms with E-state index in [-0.39, 0.29) is 6.10 Å². The lowest BCUT2D eigenvalue weighted by atomic mass is 9.92. The number of aliphatic hydroxyl groups excluding tert-OH is 1. The maximum absolute atomic E-state index is 9.56. The fourth-order valence-corrected chi connectivity index (χ4v) is 2.95. The maximum Gasteiger partial charge on any atom is 0.0992 e. The Morgan fingerprint density at radius 1 is 1.28 bits per heavy atom. The van der Waals surface area contributed by atoms with E-state index in [4.69, 9.17) is 5.26 Å². The molecule has 4 nitrogen and oxygen atoms in total. The molecule has 0 spiro atoms. The van der Waals surface area contributed by atoms with E-state index in [1.807, 2.05) is 18.2 Å². The minimum absolute atomic E-state index is 0.114. The maximum atomic E-state index is 9.56. The Labute approximate surface area is 107 Å². The first-order chi connectivity index (χ1) is 8.78. The van der Waals surface area contributed by atoms with Crippen molar-refractivity contribution >= 4 is 11.4 Å². The predicted octanol–water partition coefficient (Wildman–Crippen LogP) is 2.05. The number of aliphatic hydroxyl groups is 1. The van der Waals surface area contributed by atoms with Gasteiger partial charge in [0.2, 0.25) is 0 Å². The molecule has 4 heteroatoms. The standard InChI is InChI=1S/C14H17N3O/c15-8-10-1-6-14-13(7-10)16-9-17(14)11-2-4-12(18)5-3-11/h1,6-7,11-12,16,18H,2-5,9H2. The number of hydrogen-bond acceptors (Lipinski definition) is 4. The van der Waals surface area contributed by atoms with Crippen molar-refractivity contribution in [2.75, 3.05) is 16.9 Å². The molecule has 0 aromatic heterocycles. The zero-order valence-electron chi connectivity index (χ0n) is 10.3. The first kappa shape index (κ1) is 11.4. The molecule has 2 N–H and O–H groups in total. The summed E-state index contributed by atoms with van der Waals surface area (Å²) < 4.78 is 0. The molecule has 1 aromatic carbocycles. The van der Waals surface area contributed by atoms with Crippen LogP contribution in [0.5, 0.6) is 0 Å². The van der Waals surface area contributed by atoms with Crippen LogP contribution in [0.3, 0.4) is 0 Å². The van der Waals surface area contributed by atoms with Crippen molar-refractivity contribution in [3.8, 4) is 6.07 Å². The summed E-state index contributed by atoms with van der Waals surface area (Å²) in [6.45, 7) is 0.810. The van der Waals surface area contributed by atoms with Crippen LogP contribution in [0.1, 0.15) is 31.2 Å². The average molecular weight is 243 g/mol. The minimum atomic E-state index is -0.114. The van der Waals surface area contributed by atoms with Gasteiger partial charge in [-0.25, -0.2) is 0 Å². The Morgan fingerprint density at radius 3 is 2.78 bits per heavy atom. The van der Waals surface area contributed by atoms with Crippen LogP contribution >= 0.6 is 0 Å². The first-order valence-electron chi connectivity index (χ1n) is 6.50. The van der Waals surface area contributed by atoms with Crippen molar-refractivity contribution in [3.05, 3.63) is 23.8 Å². The topological polar surface area (TPSA) is 59.3 Å². The Bertz CT molecular complexity index is 486. The molecule has 94 valence electrons. The quantitative estimate of drug-likeness (QED) is 0.792. The molecule has 3 rings (SSSR count). The monoisotopic (exact) mass is 243 g/mol. The Morgan fingerprint density at radius 2 is 2.06 bits per heavy atom. The number of benzene rings is 1. The lowest BCUT2D eigenvalue weighted by Crippen LogP contribution is -2.38. The van der Waals surface area contributed by atoms with Gasteiger partial charge in [0, 0.05) is 6.04 Å². The predicted molar refractivity (Wildman–Crippen MR) is 70.4 cm³/mol. The molecule has 1 aliphatic carbocycles. The summed E-state index contributed by atoms with van der Waals surface area (Å²) in [5, 5.41) is 21.8. The molecule has 18 heavy (non-hydrogen) atoms. The van der Waals surface area contributed by atoms with Gasteiger partial charge >= 0.3 is 0 Å². The Balaban J connectivity index is 1.80. The SMILES string of the molecule is N#Cc1ccc2c(c1)NCN2C1CCC(O)CC1. The lowest BCUT2D eigenvalue weighted by Gasteiger charge is -2.34. The van der Waals surface area contributed by atoms with Crippen molar-refractivity contribution in [1.29, 1.82) is 5.26 Å². The highest BCUT2D eigenvalue weighted by Gasteiger charge is 2.29. The normalized spacial score (nSPS) is 26.3. The van der Waals surface area contributed by atoms with Crippen LogP contribution in [0.25, 0.3) is 0 Å². The molecular weight excluding hydrogens is 226 g/mol. The van der Waals surface area contributed by atoms with Gasteiger partial charge in [0.25, 0.3) is 0 Å². The second-order valence-corrected chi connectivity index (χ2v) is 5.11. The fraction of sp³-hybridized carbons (Fsp3) is 0.500. The zero-order chi connectivity index (χ0) is 12.5. The van der Waals surface area contributed by atoms with Gasteiger partial charge < -0.3 is 15.3 Å². The van der Waals surface area contributed by atoms with E-state index in [2.05, 4.69) is 16.3 Å². The number of rotatable bonds is 1. The molecule has 1 heterocycles. The van der Waals surface area contributed by atoms with E-state index in [0.717, 1.165) is 38.0 Å². The van der Waals surface area contributed by atoms with Crippen LogP contribution in [0.4, 0.5) is 11.4 Å². The van der Waals surface area contributed by atoms with E-state index < -0.39 is 0 Å². The lowest BCUT2D eigenvalue weighted by molar-refractivity contribution is 0.122. The van der Waals surface area contributed by atoms with E-state index in [9.17, 15) is 5.11 Å². The molecule has 0 unspecified atom stereocenters. The van der Waals surface area contributed by atoms with Crippen LogP contribution in [-0.4, -0.2) is 23.9 Å². The summed E-state index contributed by atoms with van der Waals surface area (Å²) in [5.74, 6) is 0. The summed E-state index contributed by atoms with van der Waals surface area (Å²) in [6.07, 6.45) is 3.77. The number of nitrogens with one attached hydrogen (secondary N) is 1. The summed E-state index contributed by atoms with van der Waals surface area (Å²) >= 11 is 0. The van der Waals surface area contributed by atoms with Crippen molar-refractivity contribution in [3.63, 3.8) is 0 Å². The third-order valence-corrected chi connectivity index (χ3v) is 3.98. The van der Waals surface area contributed by atoms with Gasteiger partial charge in [0.15, 0.2) is 0 Å². The average Bonchev–Trinajstić information content (AvgIpc) is 2.82. The molecule has 1 saturated carbocycles. The number of fused-ring (bicyclic) bond motifs is 1. The van der Waals surface area contributed by atoms with E-state index in [1.54, 1.807) is 0 Å². The highest BCUT2D eigenvalue weighted by atomic mass is 16.3. The highest BCUT2D eigenvalue weighted by molar-refractivity contribution is 5.76. The Hall–Kier alpha value is -1.73. The van der Waals surface area contributed by atoms with Crippen LogP contribution in [-0.2, 0) is 0 Å². The van der Waals surface area contributed by atoms with Crippen molar-refractivity contribution in [2.24, 2.45) is 0 Å². The van der Waals surface area contributed by atoms with Gasteiger partial charge in [-0.05, 0) is 43.9 Å². The van der Waals surface area contributed by atoms with Gasteiger partial charge in [-0.2, -0.15) is 5.26 Å². The molecule has 1 aromatic rings. The molecule has 0 saturated heterocycles. The van der Waals surface area contributed by atoms with E-state index in [1.165, 1.54) is 5.69 Å². The molecular formula is C14H17N3O. The van der Waals surface area contributed by atoms with Gasteiger partial charge in [0.1, 0.15) is 0 Å². The molecule has 1 aliphatic heterocycles. The minimum Gasteiger partial charge on any atom is -0.393 e. The molecule has 1 fully saturated rings. The number of anilines is 2. The third kappa shape index (κ3) is 1.91. The van der Waals surface area contributed by atoms with Crippen LogP contribution in [0, 0.1) is 11.3 Å². The van der Waals surface area contributed by atoms with Gasteiger partial charge in [-0.15, -0.1) is 0 Å². The molecule has 0 amide bonds. The fourth-order valence-electron chi connectivity index (χ4n) is 2.95. The van der Waals surface area contributed by atoms with Gasteiger partial charge in [-0.3, -0.25) is 0 Å². The molecule has 2 aliphatic rings. The molecule has 0 bridgehead atoms. The zero-order valence-corrected chi connectivity index (χ0v) is 10.3. The van der Waals surface area contributed by atoms with Crippen LogP contribution in [0.2, 0.25) is 0 Å². The summed E-state index contributed by atoms with van der Waals surface area (Å²) in [4.78, 5) is 2.36. The highest BCUT2D eigenvalue weighted by Crippen LogP contribution is 2.36. The summed E-state index contributed by atoms with van der Waals surface area (Å²) in [6, 6.07) is 8.48. The van der Waals surface area contributed by atoms with Gasteiger partial charge in [0.05, 0.1) is 35.8 Å². The van der Waals surface area contributed by atoms with Crippen molar-refractivity contribution in [2.45, 2.75) is 37.8 Å². The second kappa shape index (κ2) is 4.51. The second-order valence-electron chi connectivity index (χ2n) is 5.11. The van der Waals surface area contributed by atoms with E-state index >= 15 is 0 Å². The van der Waals surface area contributed by atoms with Crippen LogP contribution in [0.15, 0.2) is 18.2 Å². The summed E-state index contributed by atoms with van der Waals surface area (Å²) in [5.41, 5.74) is 2.94. The number of nitriles is 1. The number of hydrogen-bond donors (Lipinski definition) is 2. The first-order valence-corrected chi connectivity index (χ1v) is 6.50. The summed E-state index contributed by atoms with van der Waals surface area (Å²) in [7, 11) is 0. The largest absolute Gasteiger partial charge is 0.393 e. The van der Waals surface area contributed by atoms with Crippen molar-refractivity contribution in [1.82, 2.24) is 0 Å². The molecule has 0 radical (unpaired) electrons. The number of nitrogens with zero attached hydrogens (tertiary/aromatic N) is 2. The third-order valence-electron chi connectivity index (χ3n) is 3.98. The smallest absolute Gasteiger partial charge is 0.0992 e.